The Hall–Kier alpha value is -1.97. The lowest BCUT2D eigenvalue weighted by Gasteiger charge is -2.16. The fourth-order valence-corrected chi connectivity index (χ4v) is 2.05. The molecule has 0 aliphatic carbocycles. The van der Waals surface area contributed by atoms with E-state index in [-0.39, 0.29) is 11.8 Å². The van der Waals surface area contributed by atoms with Crippen LogP contribution in [0.4, 0.5) is 5.69 Å². The number of terminal acetylenes is 1. The van der Waals surface area contributed by atoms with Crippen LogP contribution < -0.4 is 4.90 Å². The van der Waals surface area contributed by atoms with E-state index < -0.39 is 0 Å². The molecule has 84 valence electrons. The summed E-state index contributed by atoms with van der Waals surface area (Å²) >= 11 is 5.93. The maximum absolute atomic E-state index is 11.7. The summed E-state index contributed by atoms with van der Waals surface area (Å²) in [5.41, 5.74) is 1.09. The molecule has 0 N–H and O–H groups in total. The molecule has 1 amide bonds. The molecule has 1 unspecified atom stereocenters. The molecule has 1 atom stereocenters. The molecule has 0 bridgehead atoms. The first-order valence-corrected chi connectivity index (χ1v) is 5.49. The molecule has 3 nitrogen and oxygen atoms in total. The van der Waals surface area contributed by atoms with Gasteiger partial charge in [-0.25, -0.2) is 0 Å². The summed E-state index contributed by atoms with van der Waals surface area (Å²) in [7, 11) is 0. The predicted octanol–water partition coefficient (Wildman–Crippen LogP) is 2.20. The van der Waals surface area contributed by atoms with E-state index in [4.69, 9.17) is 23.3 Å². The van der Waals surface area contributed by atoms with E-state index in [1.807, 2.05) is 6.07 Å². The van der Waals surface area contributed by atoms with Gasteiger partial charge in [-0.05, 0) is 18.2 Å². The van der Waals surface area contributed by atoms with Gasteiger partial charge in [-0.15, -0.1) is 12.3 Å². The second kappa shape index (κ2) is 4.49. The van der Waals surface area contributed by atoms with E-state index in [9.17, 15) is 4.79 Å². The number of hydrogen-bond donors (Lipinski definition) is 0. The Bertz CT molecular complexity index is 554. The Morgan fingerprint density at radius 1 is 1.53 bits per heavy atom. The minimum Gasteiger partial charge on any atom is -0.311 e. The van der Waals surface area contributed by atoms with Gasteiger partial charge in [-0.1, -0.05) is 11.6 Å². The van der Waals surface area contributed by atoms with Crippen LogP contribution in [0.5, 0.6) is 0 Å². The summed E-state index contributed by atoms with van der Waals surface area (Å²) in [6.45, 7) is 0.511. The summed E-state index contributed by atoms with van der Waals surface area (Å²) in [5, 5.41) is 9.11. The Balaban J connectivity index is 2.31. The Labute approximate surface area is 105 Å². The number of rotatable bonds is 1. The molecule has 1 fully saturated rings. The van der Waals surface area contributed by atoms with Gasteiger partial charge < -0.3 is 4.90 Å². The van der Waals surface area contributed by atoms with E-state index in [1.165, 1.54) is 0 Å². The molecule has 1 aromatic rings. The van der Waals surface area contributed by atoms with Gasteiger partial charge in [0.1, 0.15) is 6.07 Å². The zero-order valence-corrected chi connectivity index (χ0v) is 9.74. The Morgan fingerprint density at radius 2 is 2.29 bits per heavy atom. The third-order valence-electron chi connectivity index (χ3n) is 2.75. The molecule has 0 radical (unpaired) electrons. The zero-order valence-electron chi connectivity index (χ0n) is 8.98. The highest BCUT2D eigenvalue weighted by atomic mass is 35.5. The molecule has 1 aromatic carbocycles. The van der Waals surface area contributed by atoms with Crippen molar-refractivity contribution in [2.24, 2.45) is 5.92 Å². The average Bonchev–Trinajstić information content (AvgIpc) is 2.70. The van der Waals surface area contributed by atoms with Crippen molar-refractivity contribution in [2.75, 3.05) is 11.4 Å². The Kier molecular flexibility index (Phi) is 3.04. The van der Waals surface area contributed by atoms with Crippen LogP contribution in [0, 0.1) is 29.6 Å². The highest BCUT2D eigenvalue weighted by Crippen LogP contribution is 2.28. The summed E-state index contributed by atoms with van der Waals surface area (Å²) in [4.78, 5) is 13.3. The number of carbonyl (C=O) groups excluding carboxylic acids is 1. The number of nitriles is 1. The van der Waals surface area contributed by atoms with Crippen LogP contribution in [0.1, 0.15) is 12.0 Å². The van der Waals surface area contributed by atoms with Crippen molar-refractivity contribution in [3.63, 3.8) is 0 Å². The first-order valence-electron chi connectivity index (χ1n) is 5.12. The fraction of sp³-hybridized carbons (Fsp3) is 0.231. The number of halogens is 1. The van der Waals surface area contributed by atoms with Gasteiger partial charge in [-0.3, -0.25) is 4.79 Å². The van der Waals surface area contributed by atoms with Crippen molar-refractivity contribution >= 4 is 23.2 Å². The second-order valence-corrected chi connectivity index (χ2v) is 4.26. The SMILES string of the molecule is C#CC1CC(=O)N(c2ccc(C#N)c(Cl)c2)C1. The molecule has 1 aliphatic rings. The van der Waals surface area contributed by atoms with Gasteiger partial charge in [0, 0.05) is 24.6 Å². The maximum Gasteiger partial charge on any atom is 0.228 e. The van der Waals surface area contributed by atoms with Gasteiger partial charge in [0.15, 0.2) is 0 Å². The van der Waals surface area contributed by atoms with Gasteiger partial charge in [0.2, 0.25) is 5.91 Å². The summed E-state index contributed by atoms with van der Waals surface area (Å²) in [6, 6.07) is 6.91. The number of carbonyl (C=O) groups is 1. The predicted molar refractivity (Wildman–Crippen MR) is 65.5 cm³/mol. The lowest BCUT2D eigenvalue weighted by Crippen LogP contribution is -2.24. The molecule has 1 heterocycles. The van der Waals surface area contributed by atoms with Crippen LogP contribution in [-0.4, -0.2) is 12.5 Å². The Morgan fingerprint density at radius 3 is 2.82 bits per heavy atom. The van der Waals surface area contributed by atoms with Crippen molar-refractivity contribution in [1.82, 2.24) is 0 Å². The normalized spacial score (nSPS) is 18.9. The highest BCUT2D eigenvalue weighted by molar-refractivity contribution is 6.32. The van der Waals surface area contributed by atoms with Crippen molar-refractivity contribution < 1.29 is 4.79 Å². The summed E-state index contributed by atoms with van der Waals surface area (Å²) < 4.78 is 0. The third kappa shape index (κ3) is 2.11. The lowest BCUT2D eigenvalue weighted by atomic mass is 10.1. The van der Waals surface area contributed by atoms with Gasteiger partial charge in [-0.2, -0.15) is 5.26 Å². The lowest BCUT2D eigenvalue weighted by molar-refractivity contribution is -0.117. The molecular weight excluding hydrogens is 236 g/mol. The molecule has 17 heavy (non-hydrogen) atoms. The largest absolute Gasteiger partial charge is 0.311 e. The van der Waals surface area contributed by atoms with Crippen LogP contribution >= 0.6 is 11.6 Å². The molecule has 0 saturated carbocycles. The van der Waals surface area contributed by atoms with E-state index in [0.29, 0.717) is 29.2 Å². The molecule has 1 saturated heterocycles. The van der Waals surface area contributed by atoms with E-state index in [0.717, 1.165) is 0 Å². The monoisotopic (exact) mass is 244 g/mol. The first kappa shape index (κ1) is 11.5. The van der Waals surface area contributed by atoms with Crippen LogP contribution in [-0.2, 0) is 4.79 Å². The number of amides is 1. The van der Waals surface area contributed by atoms with Gasteiger partial charge >= 0.3 is 0 Å². The quantitative estimate of drug-likeness (QED) is 0.711. The average molecular weight is 245 g/mol. The van der Waals surface area contributed by atoms with Crippen molar-refractivity contribution in [1.29, 1.82) is 5.26 Å². The fourth-order valence-electron chi connectivity index (χ4n) is 1.83. The zero-order chi connectivity index (χ0) is 12.4. The molecule has 0 spiro atoms. The topological polar surface area (TPSA) is 44.1 Å². The van der Waals surface area contributed by atoms with Crippen LogP contribution in [0.3, 0.4) is 0 Å². The molecule has 2 rings (SSSR count). The van der Waals surface area contributed by atoms with E-state index in [1.54, 1.807) is 23.1 Å². The van der Waals surface area contributed by atoms with Crippen LogP contribution in [0.15, 0.2) is 18.2 Å². The van der Waals surface area contributed by atoms with Gasteiger partial charge in [0.25, 0.3) is 0 Å². The molecule has 1 aliphatic heterocycles. The van der Waals surface area contributed by atoms with Crippen LogP contribution in [0.2, 0.25) is 5.02 Å². The summed E-state index contributed by atoms with van der Waals surface area (Å²) in [5.74, 6) is 2.53. The minimum absolute atomic E-state index is 0.00581. The first-order chi connectivity index (χ1) is 8.15. The van der Waals surface area contributed by atoms with Gasteiger partial charge in [0.05, 0.1) is 10.6 Å². The van der Waals surface area contributed by atoms with Crippen LogP contribution in [0.25, 0.3) is 0 Å². The van der Waals surface area contributed by atoms with E-state index >= 15 is 0 Å². The maximum atomic E-state index is 11.7. The number of anilines is 1. The summed E-state index contributed by atoms with van der Waals surface area (Å²) in [6.07, 6.45) is 5.68. The minimum atomic E-state index is -0.0445. The van der Waals surface area contributed by atoms with E-state index in [2.05, 4.69) is 5.92 Å². The number of benzene rings is 1. The molecule has 4 heteroatoms. The van der Waals surface area contributed by atoms with Crippen molar-refractivity contribution in [3.8, 4) is 18.4 Å². The number of hydrogen-bond acceptors (Lipinski definition) is 2. The standard InChI is InChI=1S/C13H9ClN2O/c1-2-9-5-13(17)16(8-9)11-4-3-10(7-15)12(14)6-11/h1,3-4,6,9H,5,8H2. The van der Waals surface area contributed by atoms with Crippen molar-refractivity contribution in [3.05, 3.63) is 28.8 Å². The highest BCUT2D eigenvalue weighted by Gasteiger charge is 2.29. The third-order valence-corrected chi connectivity index (χ3v) is 3.06. The molecule has 0 aromatic heterocycles. The second-order valence-electron chi connectivity index (χ2n) is 3.85. The van der Waals surface area contributed by atoms with Crippen molar-refractivity contribution in [2.45, 2.75) is 6.42 Å². The smallest absolute Gasteiger partial charge is 0.228 e. The molecular formula is C13H9ClN2O. The number of nitrogens with zero attached hydrogens (tertiary/aromatic N) is 2.